The van der Waals surface area contributed by atoms with E-state index < -0.39 is 5.63 Å². The van der Waals surface area contributed by atoms with Crippen LogP contribution >= 0.6 is 12.6 Å². The van der Waals surface area contributed by atoms with Crippen molar-refractivity contribution in [3.63, 3.8) is 0 Å². The van der Waals surface area contributed by atoms with Crippen LogP contribution in [-0.2, 0) is 0 Å². The quantitative estimate of drug-likeness (QED) is 0.377. The normalized spacial score (nSPS) is 11.7. The van der Waals surface area contributed by atoms with Crippen LogP contribution < -0.4 is 5.63 Å². The van der Waals surface area contributed by atoms with Crippen molar-refractivity contribution in [2.75, 3.05) is 0 Å². The minimum Gasteiger partial charge on any atom is -0.420 e. The number of para-hydroxylation sites is 1. The molecule has 2 aromatic carbocycles. The molecule has 0 fully saturated rings. The second kappa shape index (κ2) is 3.90. The van der Waals surface area contributed by atoms with Crippen LogP contribution in [0.15, 0.2) is 50.5 Å². The first-order valence-electron chi connectivity index (χ1n) is 6.32. The molecule has 3 nitrogen and oxygen atoms in total. The summed E-state index contributed by atoms with van der Waals surface area (Å²) in [7, 11) is 0. The van der Waals surface area contributed by atoms with Gasteiger partial charge in [0.1, 0.15) is 0 Å². The van der Waals surface area contributed by atoms with E-state index in [1.54, 1.807) is 6.07 Å². The van der Waals surface area contributed by atoms with E-state index in [-0.39, 0.29) is 0 Å². The smallest absolute Gasteiger partial charge is 0.349 e. The van der Waals surface area contributed by atoms with Gasteiger partial charge < -0.3 is 9.40 Å². The van der Waals surface area contributed by atoms with E-state index in [2.05, 4.69) is 36.7 Å². The van der Waals surface area contributed by atoms with Crippen molar-refractivity contribution in [1.82, 2.24) is 4.98 Å². The fourth-order valence-electron chi connectivity index (χ4n) is 2.71. The Bertz CT molecular complexity index is 1040. The zero-order valence-corrected chi connectivity index (χ0v) is 11.6. The second-order valence-electron chi connectivity index (χ2n) is 4.95. The van der Waals surface area contributed by atoms with Crippen molar-refractivity contribution >= 4 is 45.4 Å². The summed E-state index contributed by atoms with van der Waals surface area (Å²) in [5.74, 6) is 0. The van der Waals surface area contributed by atoms with Crippen LogP contribution in [0.2, 0.25) is 0 Å². The lowest BCUT2D eigenvalue weighted by molar-refractivity contribution is 0.546. The number of fused-ring (bicyclic) bond motifs is 5. The first-order valence-corrected chi connectivity index (χ1v) is 6.77. The number of rotatable bonds is 0. The average Bonchev–Trinajstić information content (AvgIpc) is 2.81. The molecule has 0 amide bonds. The van der Waals surface area contributed by atoms with E-state index in [1.807, 2.05) is 18.2 Å². The highest BCUT2D eigenvalue weighted by atomic mass is 32.1. The number of hydrogen-bond donors (Lipinski definition) is 2. The van der Waals surface area contributed by atoms with Gasteiger partial charge in [-0.15, -0.1) is 12.6 Å². The maximum absolute atomic E-state index is 11.7. The van der Waals surface area contributed by atoms with Crippen LogP contribution in [0, 0.1) is 6.92 Å². The second-order valence-corrected chi connectivity index (χ2v) is 5.43. The van der Waals surface area contributed by atoms with Gasteiger partial charge in [-0.1, -0.05) is 30.3 Å². The first-order chi connectivity index (χ1) is 9.65. The van der Waals surface area contributed by atoms with Crippen molar-refractivity contribution in [3.8, 4) is 0 Å². The molecule has 4 rings (SSSR count). The van der Waals surface area contributed by atoms with Crippen molar-refractivity contribution < 1.29 is 4.42 Å². The van der Waals surface area contributed by atoms with Crippen LogP contribution in [0.4, 0.5) is 0 Å². The van der Waals surface area contributed by atoms with Crippen molar-refractivity contribution in [1.29, 1.82) is 0 Å². The van der Waals surface area contributed by atoms with Crippen LogP contribution in [0.3, 0.4) is 0 Å². The maximum atomic E-state index is 11.7. The summed E-state index contributed by atoms with van der Waals surface area (Å²) in [5, 5.41) is 3.07. The van der Waals surface area contributed by atoms with Crippen LogP contribution in [0.5, 0.6) is 0 Å². The summed E-state index contributed by atoms with van der Waals surface area (Å²) in [4.78, 5) is 15.4. The highest BCUT2D eigenvalue weighted by Crippen LogP contribution is 2.32. The Labute approximate surface area is 119 Å². The Balaban J connectivity index is 2.31. The van der Waals surface area contributed by atoms with E-state index >= 15 is 0 Å². The monoisotopic (exact) mass is 281 g/mol. The van der Waals surface area contributed by atoms with E-state index in [9.17, 15) is 4.79 Å². The van der Waals surface area contributed by atoms with E-state index in [4.69, 9.17) is 4.42 Å². The molecule has 0 bridgehead atoms. The molecule has 98 valence electrons. The Morgan fingerprint density at radius 2 is 1.90 bits per heavy atom. The lowest BCUT2D eigenvalue weighted by Gasteiger charge is -1.99. The number of aromatic amines is 1. The fraction of sp³-hybridized carbons (Fsp3) is 0.0625. The molecule has 0 radical (unpaired) electrons. The molecule has 0 saturated heterocycles. The summed E-state index contributed by atoms with van der Waals surface area (Å²) < 4.78 is 5.41. The Kier molecular flexibility index (Phi) is 2.26. The third kappa shape index (κ3) is 1.45. The van der Waals surface area contributed by atoms with Gasteiger partial charge in [0.05, 0.1) is 10.4 Å². The van der Waals surface area contributed by atoms with Gasteiger partial charge in [-0.2, -0.15) is 0 Å². The van der Waals surface area contributed by atoms with Gasteiger partial charge in [0.2, 0.25) is 0 Å². The minimum atomic E-state index is -0.413. The highest BCUT2D eigenvalue weighted by molar-refractivity contribution is 7.80. The van der Waals surface area contributed by atoms with Gasteiger partial charge in [-0.25, -0.2) is 4.79 Å². The summed E-state index contributed by atoms with van der Waals surface area (Å²) in [5.41, 5.74) is 3.27. The number of nitrogens with one attached hydrogen (secondary N) is 1. The first kappa shape index (κ1) is 11.6. The summed E-state index contributed by atoms with van der Waals surface area (Å²) in [6.45, 7) is 2.06. The summed E-state index contributed by atoms with van der Waals surface area (Å²) in [6.07, 6.45) is 0. The third-order valence-electron chi connectivity index (χ3n) is 3.70. The lowest BCUT2D eigenvalue weighted by atomic mass is 10.1. The van der Waals surface area contributed by atoms with Gasteiger partial charge in [-0.05, 0) is 18.6 Å². The van der Waals surface area contributed by atoms with Gasteiger partial charge in [0.25, 0.3) is 0 Å². The fourth-order valence-corrected chi connectivity index (χ4v) is 2.89. The molecule has 0 spiro atoms. The molecule has 0 aliphatic heterocycles. The minimum absolute atomic E-state index is 0.323. The van der Waals surface area contributed by atoms with Crippen LogP contribution in [-0.4, -0.2) is 4.98 Å². The molecule has 0 atom stereocenters. The van der Waals surface area contributed by atoms with Crippen molar-refractivity contribution in [2.24, 2.45) is 0 Å². The van der Waals surface area contributed by atoms with Crippen LogP contribution in [0.25, 0.3) is 32.8 Å². The molecule has 2 aromatic heterocycles. The molecule has 2 heterocycles. The largest absolute Gasteiger partial charge is 0.420 e. The number of benzene rings is 2. The standard InChI is InChI=1S/C16H11NO2S/c1-8-3-2-4-10-11-6-5-9-7-12(20)16(18)19-15(9)14(11)17-13(8)10/h2-7,17,20H,1H3. The predicted octanol–water partition coefficient (Wildman–Crippen LogP) is 4.02. The molecule has 0 saturated carbocycles. The van der Waals surface area contributed by atoms with Crippen molar-refractivity contribution in [2.45, 2.75) is 11.8 Å². The van der Waals surface area contributed by atoms with Gasteiger partial charge in [-0.3, -0.25) is 0 Å². The SMILES string of the molecule is Cc1cccc2c1[nH]c1c2ccc2cc(S)c(=O)oc21. The molecular weight excluding hydrogens is 270 g/mol. The number of H-pyrrole nitrogens is 1. The Morgan fingerprint density at radius 3 is 2.75 bits per heavy atom. The lowest BCUT2D eigenvalue weighted by Crippen LogP contribution is -1.99. The highest BCUT2D eigenvalue weighted by Gasteiger charge is 2.11. The Hall–Kier alpha value is -2.20. The average molecular weight is 281 g/mol. The van der Waals surface area contributed by atoms with Crippen molar-refractivity contribution in [3.05, 3.63) is 52.4 Å². The topological polar surface area (TPSA) is 46.0 Å². The van der Waals surface area contributed by atoms with E-state index in [0.717, 1.165) is 27.2 Å². The van der Waals surface area contributed by atoms with Gasteiger partial charge >= 0.3 is 5.63 Å². The summed E-state index contributed by atoms with van der Waals surface area (Å²) in [6, 6.07) is 11.9. The maximum Gasteiger partial charge on any atom is 0.349 e. The molecule has 0 aliphatic carbocycles. The predicted molar refractivity (Wildman–Crippen MR) is 83.8 cm³/mol. The molecule has 1 N–H and O–H groups in total. The number of aryl methyl sites for hydroxylation is 1. The molecule has 20 heavy (non-hydrogen) atoms. The molecule has 0 unspecified atom stereocenters. The third-order valence-corrected chi connectivity index (χ3v) is 4.01. The van der Waals surface area contributed by atoms with Crippen LogP contribution in [0.1, 0.15) is 5.56 Å². The Morgan fingerprint density at radius 1 is 1.10 bits per heavy atom. The number of thiol groups is 1. The molecule has 4 heteroatoms. The number of hydrogen-bond acceptors (Lipinski definition) is 3. The van der Waals surface area contributed by atoms with Gasteiger partial charge in [0, 0.05) is 21.7 Å². The van der Waals surface area contributed by atoms with E-state index in [0.29, 0.717) is 10.5 Å². The molecular formula is C16H11NO2S. The molecule has 4 aromatic rings. The zero-order chi connectivity index (χ0) is 13.9. The summed E-state index contributed by atoms with van der Waals surface area (Å²) >= 11 is 4.12. The zero-order valence-electron chi connectivity index (χ0n) is 10.7. The number of aromatic nitrogens is 1. The van der Waals surface area contributed by atoms with E-state index in [1.165, 1.54) is 5.56 Å². The van der Waals surface area contributed by atoms with Gasteiger partial charge in [0.15, 0.2) is 5.58 Å². The molecule has 0 aliphatic rings.